The average molecular weight is 258 g/mol. The van der Waals surface area contributed by atoms with Crippen LogP contribution in [0, 0.1) is 11.6 Å². The van der Waals surface area contributed by atoms with Gasteiger partial charge < -0.3 is 9.84 Å². The lowest BCUT2D eigenvalue weighted by atomic mass is 9.96. The molecule has 0 aliphatic carbocycles. The second-order valence-corrected chi connectivity index (χ2v) is 5.06. The van der Waals surface area contributed by atoms with Gasteiger partial charge in [-0.3, -0.25) is 0 Å². The Bertz CT molecular complexity index is 371. The highest BCUT2D eigenvalue weighted by molar-refractivity contribution is 5.20. The third-order valence-electron chi connectivity index (χ3n) is 3.13. The number of ether oxygens (including phenoxy) is 1. The van der Waals surface area contributed by atoms with Crippen molar-refractivity contribution >= 4 is 0 Å². The van der Waals surface area contributed by atoms with E-state index in [0.29, 0.717) is 12.8 Å². The van der Waals surface area contributed by atoms with E-state index in [0.717, 1.165) is 0 Å². The van der Waals surface area contributed by atoms with Gasteiger partial charge in [0.25, 0.3) is 0 Å². The van der Waals surface area contributed by atoms with Gasteiger partial charge in [-0.1, -0.05) is 6.07 Å². The normalized spacial score (nSPS) is 13.7. The highest BCUT2D eigenvalue weighted by Gasteiger charge is 2.20. The van der Waals surface area contributed by atoms with Crippen LogP contribution in [-0.4, -0.2) is 23.9 Å². The average Bonchev–Trinajstić information content (AvgIpc) is 2.32. The first-order valence-electron chi connectivity index (χ1n) is 6.02. The Morgan fingerprint density at radius 3 is 2.33 bits per heavy atom. The van der Waals surface area contributed by atoms with Crippen molar-refractivity contribution in [3.05, 3.63) is 35.4 Å². The molecule has 102 valence electrons. The Hall–Kier alpha value is -1.00. The van der Waals surface area contributed by atoms with Gasteiger partial charge in [0.05, 0.1) is 11.7 Å². The largest absolute Gasteiger partial charge is 0.393 e. The summed E-state index contributed by atoms with van der Waals surface area (Å²) < 4.78 is 32.0. The molecule has 0 aromatic heterocycles. The topological polar surface area (TPSA) is 29.5 Å². The van der Waals surface area contributed by atoms with E-state index in [9.17, 15) is 13.9 Å². The Morgan fingerprint density at radius 1 is 1.28 bits per heavy atom. The van der Waals surface area contributed by atoms with Crippen LogP contribution in [0.2, 0.25) is 0 Å². The van der Waals surface area contributed by atoms with Crippen LogP contribution in [0.5, 0.6) is 0 Å². The smallest absolute Gasteiger partial charge is 0.129 e. The Labute approximate surface area is 107 Å². The lowest BCUT2D eigenvalue weighted by Gasteiger charge is -2.24. The number of benzene rings is 1. The van der Waals surface area contributed by atoms with Crippen molar-refractivity contribution in [3.8, 4) is 0 Å². The standard InChI is InChI=1S/C14H20F2O2/c1-14(2,18-3)8-7-10(17)9-11-12(15)5-4-6-13(11)16/h4-6,10,17H,7-9H2,1-3H3. The fraction of sp³-hybridized carbons (Fsp3) is 0.571. The van der Waals surface area contributed by atoms with Gasteiger partial charge in [-0.2, -0.15) is 0 Å². The molecule has 0 saturated carbocycles. The van der Waals surface area contributed by atoms with Crippen LogP contribution < -0.4 is 0 Å². The summed E-state index contributed by atoms with van der Waals surface area (Å²) in [4.78, 5) is 0. The molecule has 0 saturated heterocycles. The van der Waals surface area contributed by atoms with Crippen molar-refractivity contribution in [2.45, 2.75) is 44.8 Å². The van der Waals surface area contributed by atoms with Gasteiger partial charge in [0.1, 0.15) is 11.6 Å². The summed E-state index contributed by atoms with van der Waals surface area (Å²) in [6.45, 7) is 3.81. The molecule has 0 bridgehead atoms. The van der Waals surface area contributed by atoms with Crippen LogP contribution in [-0.2, 0) is 11.2 Å². The first-order valence-corrected chi connectivity index (χ1v) is 6.02. The van der Waals surface area contributed by atoms with Gasteiger partial charge in [0, 0.05) is 19.1 Å². The summed E-state index contributed by atoms with van der Waals surface area (Å²) in [6, 6.07) is 3.71. The third-order valence-corrected chi connectivity index (χ3v) is 3.13. The minimum Gasteiger partial charge on any atom is -0.393 e. The minimum absolute atomic E-state index is 0.0156. The number of aliphatic hydroxyl groups is 1. The first-order chi connectivity index (χ1) is 8.35. The fourth-order valence-corrected chi connectivity index (χ4v) is 1.68. The minimum atomic E-state index is -0.772. The predicted octanol–water partition coefficient (Wildman–Crippen LogP) is 3.07. The summed E-state index contributed by atoms with van der Waals surface area (Å²) in [7, 11) is 1.60. The molecule has 0 aliphatic rings. The molecule has 0 radical (unpaired) electrons. The van der Waals surface area contributed by atoms with Crippen LogP contribution in [0.3, 0.4) is 0 Å². The molecule has 1 unspecified atom stereocenters. The van der Waals surface area contributed by atoms with Crippen molar-refractivity contribution in [2.75, 3.05) is 7.11 Å². The molecule has 0 aliphatic heterocycles. The van der Waals surface area contributed by atoms with Crippen molar-refractivity contribution < 1.29 is 18.6 Å². The second kappa shape index (κ2) is 6.25. The van der Waals surface area contributed by atoms with E-state index in [1.165, 1.54) is 18.2 Å². The van der Waals surface area contributed by atoms with E-state index in [1.807, 2.05) is 13.8 Å². The molecule has 0 fully saturated rings. The maximum atomic E-state index is 13.4. The lowest BCUT2D eigenvalue weighted by molar-refractivity contribution is 0.00294. The van der Waals surface area contributed by atoms with Crippen molar-refractivity contribution in [1.82, 2.24) is 0 Å². The molecular weight excluding hydrogens is 238 g/mol. The maximum Gasteiger partial charge on any atom is 0.129 e. The number of hydrogen-bond donors (Lipinski definition) is 1. The SMILES string of the molecule is COC(C)(C)CCC(O)Cc1c(F)cccc1F. The highest BCUT2D eigenvalue weighted by atomic mass is 19.1. The zero-order valence-corrected chi connectivity index (χ0v) is 11.0. The summed E-state index contributed by atoms with van der Waals surface area (Å²) in [5.74, 6) is -1.22. The predicted molar refractivity (Wildman–Crippen MR) is 66.4 cm³/mol. The van der Waals surface area contributed by atoms with E-state index in [2.05, 4.69) is 0 Å². The van der Waals surface area contributed by atoms with E-state index < -0.39 is 17.7 Å². The summed E-state index contributed by atoms with van der Waals surface area (Å²) in [5, 5.41) is 9.82. The summed E-state index contributed by atoms with van der Waals surface area (Å²) in [6.07, 6.45) is 0.277. The molecule has 0 heterocycles. The van der Waals surface area contributed by atoms with Gasteiger partial charge in [-0.05, 0) is 38.8 Å². The van der Waals surface area contributed by atoms with E-state index in [1.54, 1.807) is 7.11 Å². The number of halogens is 2. The van der Waals surface area contributed by atoms with E-state index in [-0.39, 0.29) is 17.6 Å². The maximum absolute atomic E-state index is 13.4. The molecule has 0 amide bonds. The lowest BCUT2D eigenvalue weighted by Crippen LogP contribution is -2.25. The van der Waals surface area contributed by atoms with E-state index >= 15 is 0 Å². The highest BCUT2D eigenvalue weighted by Crippen LogP contribution is 2.20. The monoisotopic (exact) mass is 258 g/mol. The third kappa shape index (κ3) is 4.35. The number of rotatable bonds is 6. The molecule has 1 aromatic carbocycles. The zero-order chi connectivity index (χ0) is 13.8. The Kier molecular flexibility index (Phi) is 5.23. The Balaban J connectivity index is 2.57. The quantitative estimate of drug-likeness (QED) is 0.849. The fourth-order valence-electron chi connectivity index (χ4n) is 1.68. The second-order valence-electron chi connectivity index (χ2n) is 5.06. The molecule has 1 atom stereocenters. The number of hydrogen-bond acceptors (Lipinski definition) is 2. The Morgan fingerprint density at radius 2 is 1.83 bits per heavy atom. The molecular formula is C14H20F2O2. The number of methoxy groups -OCH3 is 1. The van der Waals surface area contributed by atoms with E-state index in [4.69, 9.17) is 4.74 Å². The molecule has 2 nitrogen and oxygen atoms in total. The van der Waals surface area contributed by atoms with Crippen LogP contribution >= 0.6 is 0 Å². The molecule has 4 heteroatoms. The molecule has 18 heavy (non-hydrogen) atoms. The molecule has 1 rings (SSSR count). The van der Waals surface area contributed by atoms with Crippen LogP contribution in [0.25, 0.3) is 0 Å². The molecule has 1 aromatic rings. The van der Waals surface area contributed by atoms with Crippen molar-refractivity contribution in [2.24, 2.45) is 0 Å². The van der Waals surface area contributed by atoms with Crippen LogP contribution in [0.4, 0.5) is 8.78 Å². The van der Waals surface area contributed by atoms with Gasteiger partial charge in [-0.25, -0.2) is 8.78 Å². The van der Waals surface area contributed by atoms with Crippen molar-refractivity contribution in [1.29, 1.82) is 0 Å². The molecule has 0 spiro atoms. The van der Waals surface area contributed by atoms with Crippen LogP contribution in [0.15, 0.2) is 18.2 Å². The summed E-state index contributed by atoms with van der Waals surface area (Å²) >= 11 is 0. The zero-order valence-electron chi connectivity index (χ0n) is 11.0. The first kappa shape index (κ1) is 15.1. The van der Waals surface area contributed by atoms with Gasteiger partial charge in [-0.15, -0.1) is 0 Å². The van der Waals surface area contributed by atoms with Crippen molar-refractivity contribution in [3.63, 3.8) is 0 Å². The summed E-state index contributed by atoms with van der Waals surface area (Å²) in [5.41, 5.74) is -0.394. The van der Waals surface area contributed by atoms with Crippen LogP contribution in [0.1, 0.15) is 32.3 Å². The van der Waals surface area contributed by atoms with Gasteiger partial charge in [0.15, 0.2) is 0 Å². The van der Waals surface area contributed by atoms with Gasteiger partial charge >= 0.3 is 0 Å². The van der Waals surface area contributed by atoms with Gasteiger partial charge in [0.2, 0.25) is 0 Å². The number of aliphatic hydroxyl groups excluding tert-OH is 1. The molecule has 1 N–H and O–H groups in total.